The molecule has 0 unspecified atom stereocenters. The van der Waals surface area contributed by atoms with Gasteiger partial charge in [-0.05, 0) is 68.8 Å². The van der Waals surface area contributed by atoms with E-state index >= 15 is 0 Å². The number of aryl methyl sites for hydroxylation is 1. The molecular formula is C19H31N. The number of nitrogens with zero attached hydrogens (tertiary/aromatic N) is 1. The second-order valence-corrected chi connectivity index (χ2v) is 6.41. The number of piperidine rings is 1. The van der Waals surface area contributed by atoms with E-state index in [1.54, 1.807) is 0 Å². The van der Waals surface area contributed by atoms with E-state index in [9.17, 15) is 0 Å². The largest absolute Gasteiger partial charge is 0.303 e. The molecule has 2 rings (SSSR count). The molecule has 1 saturated heterocycles. The fourth-order valence-electron chi connectivity index (χ4n) is 3.26. The van der Waals surface area contributed by atoms with Crippen molar-refractivity contribution in [1.29, 1.82) is 0 Å². The summed E-state index contributed by atoms with van der Waals surface area (Å²) in [5.74, 6) is 0.907. The average Bonchev–Trinajstić information content (AvgIpc) is 2.49. The van der Waals surface area contributed by atoms with Crippen LogP contribution in [-0.4, -0.2) is 24.5 Å². The zero-order chi connectivity index (χ0) is 14.2. The molecule has 0 bridgehead atoms. The Kier molecular flexibility index (Phi) is 6.59. The van der Waals surface area contributed by atoms with Gasteiger partial charge in [-0.2, -0.15) is 0 Å². The van der Waals surface area contributed by atoms with Gasteiger partial charge in [-0.15, -0.1) is 0 Å². The van der Waals surface area contributed by atoms with Crippen LogP contribution in [0.25, 0.3) is 0 Å². The first-order chi connectivity index (χ1) is 9.81. The maximum absolute atomic E-state index is 2.66. The Morgan fingerprint density at radius 2 is 1.60 bits per heavy atom. The summed E-state index contributed by atoms with van der Waals surface area (Å²) < 4.78 is 0. The Balaban J connectivity index is 1.74. The highest BCUT2D eigenvalue weighted by molar-refractivity contribution is 5.23. The maximum Gasteiger partial charge on any atom is -0.00160 e. The van der Waals surface area contributed by atoms with Crippen LogP contribution in [0.15, 0.2) is 24.3 Å². The van der Waals surface area contributed by atoms with Crippen molar-refractivity contribution in [3.63, 3.8) is 0 Å². The zero-order valence-corrected chi connectivity index (χ0v) is 13.4. The van der Waals surface area contributed by atoms with E-state index in [-0.39, 0.29) is 0 Å². The molecule has 0 aliphatic carbocycles. The molecule has 0 N–H and O–H groups in total. The Morgan fingerprint density at radius 1 is 0.950 bits per heavy atom. The van der Waals surface area contributed by atoms with E-state index in [1.807, 2.05) is 0 Å². The molecule has 20 heavy (non-hydrogen) atoms. The first-order valence-corrected chi connectivity index (χ1v) is 8.62. The second kappa shape index (κ2) is 8.46. The molecular weight excluding hydrogens is 242 g/mol. The lowest BCUT2D eigenvalue weighted by atomic mass is 9.89. The molecule has 0 saturated carbocycles. The zero-order valence-electron chi connectivity index (χ0n) is 13.4. The van der Waals surface area contributed by atoms with Crippen molar-refractivity contribution in [3.8, 4) is 0 Å². The van der Waals surface area contributed by atoms with Gasteiger partial charge in [0.2, 0.25) is 0 Å². The van der Waals surface area contributed by atoms with Crippen LogP contribution >= 0.6 is 0 Å². The number of rotatable bonds is 7. The Hall–Kier alpha value is -0.820. The number of unbranched alkanes of at least 4 members (excludes halogenated alkanes) is 1. The van der Waals surface area contributed by atoms with Gasteiger partial charge in [0.05, 0.1) is 0 Å². The lowest BCUT2D eigenvalue weighted by molar-refractivity contribution is 0.182. The molecule has 1 aliphatic rings. The third-order valence-corrected chi connectivity index (χ3v) is 4.62. The molecule has 0 radical (unpaired) electrons. The van der Waals surface area contributed by atoms with E-state index in [1.165, 1.54) is 75.7 Å². The lowest BCUT2D eigenvalue weighted by Crippen LogP contribution is -2.34. The highest BCUT2D eigenvalue weighted by Gasteiger charge is 2.18. The van der Waals surface area contributed by atoms with Crippen molar-refractivity contribution >= 4 is 0 Å². The normalized spacial score (nSPS) is 17.5. The van der Waals surface area contributed by atoms with Crippen LogP contribution in [0.2, 0.25) is 0 Å². The molecule has 1 aliphatic heterocycles. The number of likely N-dealkylation sites (tertiary alicyclic amines) is 1. The second-order valence-electron chi connectivity index (χ2n) is 6.41. The first kappa shape index (κ1) is 15.6. The average molecular weight is 273 g/mol. The minimum absolute atomic E-state index is 0.907. The Labute approximate surface area is 125 Å². The van der Waals surface area contributed by atoms with Gasteiger partial charge in [0.25, 0.3) is 0 Å². The van der Waals surface area contributed by atoms with Gasteiger partial charge in [-0.1, -0.05) is 51.0 Å². The van der Waals surface area contributed by atoms with Crippen molar-refractivity contribution in [2.45, 2.75) is 58.8 Å². The van der Waals surface area contributed by atoms with Crippen LogP contribution in [0, 0.1) is 5.92 Å². The van der Waals surface area contributed by atoms with Gasteiger partial charge >= 0.3 is 0 Å². The summed E-state index contributed by atoms with van der Waals surface area (Å²) in [7, 11) is 0. The topological polar surface area (TPSA) is 3.24 Å². The highest BCUT2D eigenvalue weighted by Crippen LogP contribution is 2.22. The van der Waals surface area contributed by atoms with Crippen molar-refractivity contribution in [3.05, 3.63) is 35.4 Å². The molecule has 0 aromatic heterocycles. The van der Waals surface area contributed by atoms with E-state index in [4.69, 9.17) is 0 Å². The van der Waals surface area contributed by atoms with Crippen LogP contribution in [-0.2, 0) is 12.8 Å². The van der Waals surface area contributed by atoms with Crippen molar-refractivity contribution < 1.29 is 0 Å². The van der Waals surface area contributed by atoms with E-state index in [2.05, 4.69) is 43.0 Å². The van der Waals surface area contributed by atoms with Gasteiger partial charge in [0.1, 0.15) is 0 Å². The van der Waals surface area contributed by atoms with Crippen LogP contribution in [0.5, 0.6) is 0 Å². The van der Waals surface area contributed by atoms with E-state index in [0.717, 1.165) is 5.92 Å². The van der Waals surface area contributed by atoms with Gasteiger partial charge in [0.15, 0.2) is 0 Å². The minimum Gasteiger partial charge on any atom is -0.303 e. The van der Waals surface area contributed by atoms with E-state index < -0.39 is 0 Å². The van der Waals surface area contributed by atoms with Crippen LogP contribution < -0.4 is 0 Å². The number of benzene rings is 1. The smallest absolute Gasteiger partial charge is 0.00160 e. The number of hydrogen-bond donors (Lipinski definition) is 0. The summed E-state index contributed by atoms with van der Waals surface area (Å²) in [6.07, 6.45) is 9.22. The van der Waals surface area contributed by atoms with E-state index in [0.29, 0.717) is 0 Å². The Morgan fingerprint density at radius 3 is 2.20 bits per heavy atom. The maximum atomic E-state index is 2.66. The minimum atomic E-state index is 0.907. The summed E-state index contributed by atoms with van der Waals surface area (Å²) in [5.41, 5.74) is 3.03. The molecule has 1 aromatic carbocycles. The summed E-state index contributed by atoms with van der Waals surface area (Å²) in [6, 6.07) is 9.37. The molecule has 1 aromatic rings. The summed E-state index contributed by atoms with van der Waals surface area (Å²) >= 11 is 0. The van der Waals surface area contributed by atoms with Gasteiger partial charge in [0, 0.05) is 0 Å². The number of hydrogen-bond acceptors (Lipinski definition) is 1. The summed E-state index contributed by atoms with van der Waals surface area (Å²) in [6.45, 7) is 8.49. The molecule has 1 heterocycles. The predicted molar refractivity (Wildman–Crippen MR) is 88.2 cm³/mol. The van der Waals surface area contributed by atoms with Crippen molar-refractivity contribution in [2.24, 2.45) is 5.92 Å². The fraction of sp³-hybridized carbons (Fsp3) is 0.684. The third kappa shape index (κ3) is 4.94. The molecule has 0 spiro atoms. The van der Waals surface area contributed by atoms with Gasteiger partial charge in [-0.25, -0.2) is 0 Å². The summed E-state index contributed by atoms with van der Waals surface area (Å²) in [4.78, 5) is 2.66. The van der Waals surface area contributed by atoms with Gasteiger partial charge in [-0.3, -0.25) is 0 Å². The lowest BCUT2D eigenvalue weighted by Gasteiger charge is -2.32. The van der Waals surface area contributed by atoms with Crippen molar-refractivity contribution in [1.82, 2.24) is 4.90 Å². The molecule has 112 valence electrons. The molecule has 1 nitrogen and oxygen atoms in total. The molecule has 1 fully saturated rings. The Bertz CT molecular complexity index is 360. The first-order valence-electron chi connectivity index (χ1n) is 8.62. The van der Waals surface area contributed by atoms with Crippen LogP contribution in [0.1, 0.15) is 57.1 Å². The SMILES string of the molecule is CCCCN1CCC(Cc2ccc(CCC)cc2)CC1. The predicted octanol–water partition coefficient (Wildman–Crippen LogP) is 4.69. The van der Waals surface area contributed by atoms with Gasteiger partial charge < -0.3 is 4.90 Å². The molecule has 0 amide bonds. The molecule has 1 heteroatoms. The molecule has 0 atom stereocenters. The fourth-order valence-corrected chi connectivity index (χ4v) is 3.26. The monoisotopic (exact) mass is 273 g/mol. The highest BCUT2D eigenvalue weighted by atomic mass is 15.1. The summed E-state index contributed by atoms with van der Waals surface area (Å²) in [5, 5.41) is 0. The quantitative estimate of drug-likeness (QED) is 0.696. The standard InChI is InChI=1S/C19H31N/c1-3-5-13-20-14-11-19(12-15-20)16-18-9-7-17(6-4-2)8-10-18/h7-10,19H,3-6,11-16H2,1-2H3. The van der Waals surface area contributed by atoms with Crippen LogP contribution in [0.4, 0.5) is 0 Å². The van der Waals surface area contributed by atoms with Crippen LogP contribution in [0.3, 0.4) is 0 Å². The van der Waals surface area contributed by atoms with Crippen molar-refractivity contribution in [2.75, 3.05) is 19.6 Å². The third-order valence-electron chi connectivity index (χ3n) is 4.62.